The first-order valence-electron chi connectivity index (χ1n) is 6.22. The van der Waals surface area contributed by atoms with Gasteiger partial charge in [0.25, 0.3) is 0 Å². The number of rotatable bonds is 4. The van der Waals surface area contributed by atoms with Crippen molar-refractivity contribution >= 4 is 5.91 Å². The summed E-state index contributed by atoms with van der Waals surface area (Å²) in [5, 5.41) is 0. The van der Waals surface area contributed by atoms with E-state index in [4.69, 9.17) is 5.73 Å². The van der Waals surface area contributed by atoms with Gasteiger partial charge >= 0.3 is 0 Å². The fourth-order valence-electron chi connectivity index (χ4n) is 2.15. The summed E-state index contributed by atoms with van der Waals surface area (Å²) >= 11 is 0. The predicted molar refractivity (Wildman–Crippen MR) is 66.1 cm³/mol. The molecule has 0 radical (unpaired) electrons. The van der Waals surface area contributed by atoms with Crippen LogP contribution in [0.4, 0.5) is 0 Å². The van der Waals surface area contributed by atoms with E-state index >= 15 is 0 Å². The molecule has 1 rings (SSSR count). The summed E-state index contributed by atoms with van der Waals surface area (Å²) in [5.41, 5.74) is 5.70. The zero-order chi connectivity index (χ0) is 12.1. The Labute approximate surface area is 98.8 Å². The van der Waals surface area contributed by atoms with Gasteiger partial charge in [0.05, 0.1) is 5.92 Å². The Kier molecular flexibility index (Phi) is 5.22. The normalized spacial score (nSPS) is 20.2. The van der Waals surface area contributed by atoms with Crippen LogP contribution in [0.3, 0.4) is 0 Å². The molecule has 0 aromatic heterocycles. The lowest BCUT2D eigenvalue weighted by atomic mass is 9.95. The number of carbonyl (C=O) groups excluding carboxylic acids is 1. The Balaban J connectivity index is 2.48. The highest BCUT2D eigenvalue weighted by Crippen LogP contribution is 2.14. The first kappa shape index (κ1) is 13.5. The molecule has 0 aliphatic carbocycles. The van der Waals surface area contributed by atoms with E-state index in [-0.39, 0.29) is 11.8 Å². The number of hydrogen-bond donors (Lipinski definition) is 1. The molecule has 0 aromatic carbocycles. The highest BCUT2D eigenvalue weighted by molar-refractivity contribution is 5.79. The Morgan fingerprint density at radius 2 is 1.81 bits per heavy atom. The summed E-state index contributed by atoms with van der Waals surface area (Å²) in [7, 11) is 2.09. The molecule has 1 aliphatic heterocycles. The predicted octanol–water partition coefficient (Wildman–Crippen LogP) is 0.381. The zero-order valence-electron chi connectivity index (χ0n) is 10.8. The van der Waals surface area contributed by atoms with Gasteiger partial charge in [-0.1, -0.05) is 13.8 Å². The number of likely N-dealkylation sites (N-methyl/N-ethyl adjacent to an activating group) is 1. The smallest absolute Gasteiger partial charge is 0.227 e. The first-order valence-corrected chi connectivity index (χ1v) is 6.22. The first-order chi connectivity index (χ1) is 7.54. The molecule has 4 heteroatoms. The Morgan fingerprint density at radius 3 is 2.25 bits per heavy atom. The van der Waals surface area contributed by atoms with E-state index in [2.05, 4.69) is 25.8 Å². The molecule has 4 nitrogen and oxygen atoms in total. The summed E-state index contributed by atoms with van der Waals surface area (Å²) < 4.78 is 0. The van der Waals surface area contributed by atoms with Crippen LogP contribution < -0.4 is 5.73 Å². The molecule has 16 heavy (non-hydrogen) atoms. The molecule has 1 heterocycles. The lowest BCUT2D eigenvalue weighted by molar-refractivity contribution is -0.137. The minimum absolute atomic E-state index is 0.0170. The van der Waals surface area contributed by atoms with Crippen LogP contribution >= 0.6 is 0 Å². The van der Waals surface area contributed by atoms with E-state index in [1.54, 1.807) is 0 Å². The lowest BCUT2D eigenvalue weighted by Crippen LogP contribution is -2.50. The maximum Gasteiger partial charge on any atom is 0.227 e. The molecule has 0 spiro atoms. The molecule has 1 unspecified atom stereocenters. The molecular weight excluding hydrogens is 202 g/mol. The minimum atomic E-state index is 0.0170. The lowest BCUT2D eigenvalue weighted by Gasteiger charge is -2.34. The van der Waals surface area contributed by atoms with Crippen LogP contribution in [-0.2, 0) is 4.79 Å². The summed E-state index contributed by atoms with van der Waals surface area (Å²) in [4.78, 5) is 16.4. The maximum absolute atomic E-state index is 12.2. The second-order valence-electron chi connectivity index (χ2n) is 5.19. The van der Waals surface area contributed by atoms with Crippen molar-refractivity contribution in [2.24, 2.45) is 17.6 Å². The maximum atomic E-state index is 12.2. The van der Waals surface area contributed by atoms with Crippen LogP contribution in [-0.4, -0.2) is 55.5 Å². The van der Waals surface area contributed by atoms with Gasteiger partial charge in [0.2, 0.25) is 5.91 Å². The number of carbonyl (C=O) groups is 1. The molecule has 1 aliphatic rings. The summed E-state index contributed by atoms with van der Waals surface area (Å²) in [6, 6.07) is 0. The van der Waals surface area contributed by atoms with Crippen LogP contribution in [0.25, 0.3) is 0 Å². The van der Waals surface area contributed by atoms with Gasteiger partial charge in [0, 0.05) is 32.7 Å². The molecule has 0 aromatic rings. The highest BCUT2D eigenvalue weighted by Gasteiger charge is 2.25. The second-order valence-corrected chi connectivity index (χ2v) is 5.19. The van der Waals surface area contributed by atoms with Crippen LogP contribution in [0.15, 0.2) is 0 Å². The Morgan fingerprint density at radius 1 is 1.25 bits per heavy atom. The minimum Gasteiger partial charge on any atom is -0.340 e. The van der Waals surface area contributed by atoms with E-state index in [0.717, 1.165) is 32.6 Å². The fraction of sp³-hybridized carbons (Fsp3) is 0.917. The molecule has 2 N–H and O–H groups in total. The van der Waals surface area contributed by atoms with Gasteiger partial charge in [0.1, 0.15) is 0 Å². The average Bonchev–Trinajstić information content (AvgIpc) is 2.25. The van der Waals surface area contributed by atoms with Gasteiger partial charge < -0.3 is 15.5 Å². The van der Waals surface area contributed by atoms with Crippen molar-refractivity contribution < 1.29 is 4.79 Å². The molecular formula is C12H25N3O. The quantitative estimate of drug-likeness (QED) is 0.755. The van der Waals surface area contributed by atoms with E-state index in [1.807, 2.05) is 4.90 Å². The number of nitrogens with zero attached hydrogens (tertiary/aromatic N) is 2. The number of piperazine rings is 1. The van der Waals surface area contributed by atoms with Crippen LogP contribution in [0.1, 0.15) is 20.3 Å². The van der Waals surface area contributed by atoms with Gasteiger partial charge in [-0.15, -0.1) is 0 Å². The van der Waals surface area contributed by atoms with Crippen molar-refractivity contribution in [3.63, 3.8) is 0 Å². The van der Waals surface area contributed by atoms with Gasteiger partial charge in [-0.2, -0.15) is 0 Å². The van der Waals surface area contributed by atoms with Gasteiger partial charge in [-0.3, -0.25) is 4.79 Å². The van der Waals surface area contributed by atoms with Gasteiger partial charge in [-0.25, -0.2) is 0 Å². The molecule has 1 fully saturated rings. The Bertz CT molecular complexity index is 222. The van der Waals surface area contributed by atoms with Crippen LogP contribution in [0.5, 0.6) is 0 Å². The molecule has 1 atom stereocenters. The largest absolute Gasteiger partial charge is 0.340 e. The summed E-state index contributed by atoms with van der Waals surface area (Å²) in [6.07, 6.45) is 0.904. The van der Waals surface area contributed by atoms with Crippen molar-refractivity contribution in [3.05, 3.63) is 0 Å². The topological polar surface area (TPSA) is 49.6 Å². The van der Waals surface area contributed by atoms with E-state index in [9.17, 15) is 4.79 Å². The Hall–Kier alpha value is -0.610. The third-order valence-electron chi connectivity index (χ3n) is 3.20. The molecule has 1 amide bonds. The standard InChI is InChI=1S/C12H25N3O/c1-10(2)8-11(9-13)12(16)15-6-4-14(3)5-7-15/h10-11H,4-9,13H2,1-3H3. The van der Waals surface area contributed by atoms with E-state index in [1.165, 1.54) is 0 Å². The van der Waals surface area contributed by atoms with Gasteiger partial charge in [-0.05, 0) is 19.4 Å². The van der Waals surface area contributed by atoms with Gasteiger partial charge in [0.15, 0.2) is 0 Å². The monoisotopic (exact) mass is 227 g/mol. The fourth-order valence-corrected chi connectivity index (χ4v) is 2.15. The molecule has 1 saturated heterocycles. The van der Waals surface area contributed by atoms with Crippen LogP contribution in [0, 0.1) is 11.8 Å². The van der Waals surface area contributed by atoms with Crippen molar-refractivity contribution in [3.8, 4) is 0 Å². The third kappa shape index (κ3) is 3.76. The second kappa shape index (κ2) is 6.21. The van der Waals surface area contributed by atoms with E-state index in [0.29, 0.717) is 12.5 Å². The number of nitrogens with two attached hydrogens (primary N) is 1. The van der Waals surface area contributed by atoms with Crippen LogP contribution in [0.2, 0.25) is 0 Å². The number of hydrogen-bond acceptors (Lipinski definition) is 3. The summed E-state index contributed by atoms with van der Waals surface area (Å²) in [5.74, 6) is 0.803. The summed E-state index contributed by atoms with van der Waals surface area (Å²) in [6.45, 7) is 8.41. The zero-order valence-corrected chi connectivity index (χ0v) is 10.8. The van der Waals surface area contributed by atoms with Crippen molar-refractivity contribution in [2.75, 3.05) is 39.8 Å². The van der Waals surface area contributed by atoms with Crippen molar-refractivity contribution in [1.82, 2.24) is 9.80 Å². The van der Waals surface area contributed by atoms with E-state index < -0.39 is 0 Å². The molecule has 94 valence electrons. The highest BCUT2D eigenvalue weighted by atomic mass is 16.2. The molecule has 0 bridgehead atoms. The third-order valence-corrected chi connectivity index (χ3v) is 3.20. The van der Waals surface area contributed by atoms with Crippen molar-refractivity contribution in [2.45, 2.75) is 20.3 Å². The van der Waals surface area contributed by atoms with Crippen molar-refractivity contribution in [1.29, 1.82) is 0 Å². The SMILES string of the molecule is CC(C)CC(CN)C(=O)N1CCN(C)CC1. The molecule has 0 saturated carbocycles. The average molecular weight is 227 g/mol. The number of amides is 1.